The maximum Gasteiger partial charge on any atom is 0.286 e. The van der Waals surface area contributed by atoms with Gasteiger partial charge in [0.1, 0.15) is 5.75 Å². The fraction of sp³-hybridized carbons (Fsp3) is 0.214. The molecule has 4 amide bonds. The van der Waals surface area contributed by atoms with Crippen molar-refractivity contribution < 1.29 is 23.9 Å². The number of benzene rings is 3. The number of nitrogens with two attached hydrogens (primary N) is 1. The second kappa shape index (κ2) is 11.0. The van der Waals surface area contributed by atoms with Crippen LogP contribution >= 0.6 is 11.8 Å². The smallest absolute Gasteiger partial charge is 0.286 e. The molecule has 2 aliphatic heterocycles. The third kappa shape index (κ3) is 5.50. The number of hydrogen-bond donors (Lipinski definition) is 2. The third-order valence-electron chi connectivity index (χ3n) is 6.42. The number of primary amides is 1. The summed E-state index contributed by atoms with van der Waals surface area (Å²) in [7, 11) is 0. The highest BCUT2D eigenvalue weighted by Crippen LogP contribution is 2.34. The van der Waals surface area contributed by atoms with E-state index in [2.05, 4.69) is 5.32 Å². The predicted octanol–water partition coefficient (Wildman–Crippen LogP) is 3.70. The molecule has 38 heavy (non-hydrogen) atoms. The van der Waals surface area contributed by atoms with Crippen LogP contribution in [0.4, 0.5) is 16.2 Å². The van der Waals surface area contributed by atoms with Crippen molar-refractivity contribution in [1.29, 1.82) is 0 Å². The second-order valence-corrected chi connectivity index (χ2v) is 10.2. The number of fused-ring (bicyclic) bond motifs is 1. The Kier molecular flexibility index (Phi) is 7.32. The largest absolute Gasteiger partial charge is 0.494 e. The van der Waals surface area contributed by atoms with E-state index in [1.165, 1.54) is 0 Å². The lowest BCUT2D eigenvalue weighted by atomic mass is 10.0. The molecule has 1 unspecified atom stereocenters. The maximum absolute atomic E-state index is 13.3. The van der Waals surface area contributed by atoms with Gasteiger partial charge < -0.3 is 20.3 Å². The van der Waals surface area contributed by atoms with Crippen molar-refractivity contribution in [3.05, 3.63) is 89.5 Å². The van der Waals surface area contributed by atoms with Crippen LogP contribution in [0.2, 0.25) is 0 Å². The summed E-state index contributed by atoms with van der Waals surface area (Å²) in [5.74, 6) is -0.318. The number of thioether (sulfide) groups is 1. The molecule has 3 N–H and O–H groups in total. The molecule has 1 saturated heterocycles. The first-order chi connectivity index (χ1) is 18.4. The molecular weight excluding hydrogens is 504 g/mol. The minimum atomic E-state index is -0.581. The second-order valence-electron chi connectivity index (χ2n) is 9.00. The highest BCUT2D eigenvalue weighted by atomic mass is 32.2. The molecule has 3 aromatic rings. The Morgan fingerprint density at radius 3 is 2.47 bits per heavy atom. The number of nitrogens with zero attached hydrogens (tertiary/aromatic N) is 2. The average molecular weight is 531 g/mol. The zero-order valence-corrected chi connectivity index (χ0v) is 21.3. The molecule has 0 bridgehead atoms. The lowest BCUT2D eigenvalue weighted by Gasteiger charge is -2.38. The van der Waals surface area contributed by atoms with Crippen LogP contribution < -0.4 is 20.7 Å². The van der Waals surface area contributed by atoms with Crippen LogP contribution in [0, 0.1) is 0 Å². The van der Waals surface area contributed by atoms with E-state index in [-0.39, 0.29) is 22.6 Å². The molecule has 194 valence electrons. The lowest BCUT2D eigenvalue weighted by Crippen LogP contribution is -2.45. The zero-order chi connectivity index (χ0) is 26.6. The predicted molar refractivity (Wildman–Crippen MR) is 145 cm³/mol. The number of imide groups is 1. The van der Waals surface area contributed by atoms with Crippen LogP contribution in [0.15, 0.2) is 72.8 Å². The number of nitrogens with one attached hydrogen (secondary N) is 1. The minimum Gasteiger partial charge on any atom is -0.494 e. The quantitative estimate of drug-likeness (QED) is 0.405. The summed E-state index contributed by atoms with van der Waals surface area (Å²) >= 11 is 1.01. The van der Waals surface area contributed by atoms with Crippen LogP contribution in [0.5, 0.6) is 5.75 Å². The van der Waals surface area contributed by atoms with Crippen LogP contribution in [0.1, 0.15) is 32.7 Å². The highest BCUT2D eigenvalue weighted by molar-refractivity contribution is 8.15. The van der Waals surface area contributed by atoms with E-state index in [0.717, 1.165) is 28.7 Å². The van der Waals surface area contributed by atoms with Gasteiger partial charge in [0.05, 0.1) is 29.8 Å². The Hall–Kier alpha value is -4.31. The number of ether oxygens (including phenoxy) is 1. The molecular formula is C28H26N4O5S. The molecule has 1 atom stereocenters. The fourth-order valence-electron chi connectivity index (χ4n) is 4.49. The Bertz CT molecular complexity index is 1380. The van der Waals surface area contributed by atoms with Crippen molar-refractivity contribution in [3.63, 3.8) is 0 Å². The van der Waals surface area contributed by atoms with Crippen LogP contribution in [0.25, 0.3) is 0 Å². The van der Waals surface area contributed by atoms with Crippen molar-refractivity contribution in [1.82, 2.24) is 10.2 Å². The molecule has 0 aromatic heterocycles. The molecule has 3 aromatic carbocycles. The highest BCUT2D eigenvalue weighted by Gasteiger charge is 2.32. The van der Waals surface area contributed by atoms with Crippen LogP contribution in [0.3, 0.4) is 0 Å². The Morgan fingerprint density at radius 1 is 1.03 bits per heavy atom. The van der Waals surface area contributed by atoms with E-state index in [4.69, 9.17) is 10.5 Å². The lowest BCUT2D eigenvalue weighted by molar-refractivity contribution is -0.118. The van der Waals surface area contributed by atoms with E-state index in [1.54, 1.807) is 23.1 Å². The number of carbonyl (C=O) groups is 4. The van der Waals surface area contributed by atoms with Gasteiger partial charge in [0.25, 0.3) is 11.1 Å². The first-order valence-corrected chi connectivity index (χ1v) is 13.1. The molecule has 1 fully saturated rings. The molecule has 10 heteroatoms. The summed E-state index contributed by atoms with van der Waals surface area (Å²) in [6.07, 6.45) is 1.07. The number of anilines is 2. The number of amides is 4. The number of rotatable bonds is 9. The van der Waals surface area contributed by atoms with Gasteiger partial charge >= 0.3 is 0 Å². The third-order valence-corrected chi connectivity index (χ3v) is 7.40. The summed E-state index contributed by atoms with van der Waals surface area (Å²) in [6.45, 7) is 1.23. The first kappa shape index (κ1) is 25.3. The van der Waals surface area contributed by atoms with Crippen molar-refractivity contribution >= 4 is 46.1 Å². The minimum absolute atomic E-state index is 0.160. The van der Waals surface area contributed by atoms with Gasteiger partial charge in [-0.1, -0.05) is 42.1 Å². The summed E-state index contributed by atoms with van der Waals surface area (Å²) in [6, 6.07) is 22.1. The van der Waals surface area contributed by atoms with Crippen molar-refractivity contribution in [2.75, 3.05) is 24.7 Å². The zero-order valence-electron chi connectivity index (χ0n) is 20.5. The van der Waals surface area contributed by atoms with Crippen molar-refractivity contribution in [3.8, 4) is 5.75 Å². The molecule has 0 radical (unpaired) electrons. The number of para-hydroxylation sites is 1. The number of hydrogen-bond acceptors (Lipinski definition) is 7. The molecule has 5 rings (SSSR count). The monoisotopic (exact) mass is 530 g/mol. The Labute approximate surface area is 223 Å². The Morgan fingerprint density at radius 2 is 1.79 bits per heavy atom. The molecule has 0 aliphatic carbocycles. The average Bonchev–Trinajstić information content (AvgIpc) is 3.24. The summed E-state index contributed by atoms with van der Waals surface area (Å²) < 4.78 is 5.88. The van der Waals surface area contributed by atoms with Crippen LogP contribution in [-0.4, -0.2) is 52.9 Å². The van der Waals surface area contributed by atoms with E-state index in [1.807, 2.05) is 59.5 Å². The molecule has 2 heterocycles. The van der Waals surface area contributed by atoms with E-state index < -0.39 is 11.2 Å². The Balaban J connectivity index is 1.20. The number of carbonyl (C=O) groups excluding carboxylic acids is 4. The standard InChI is InChI=1S/C28H26N4O5S/c29-25(33)19-9-12-23-22(16-19)27(35)31(17-32(23)20-5-2-1-3-6-20)13-4-14-37-21-10-7-18(8-11-21)15-24-26(34)30-28(36)38-24/h1-3,5-12,16,24H,4,13-15,17H2,(H2,29,33)(H,30,34,36). The summed E-state index contributed by atoms with van der Waals surface area (Å²) in [5, 5.41) is 1.58. The van der Waals surface area contributed by atoms with E-state index in [0.29, 0.717) is 44.0 Å². The van der Waals surface area contributed by atoms with Gasteiger partial charge in [-0.2, -0.15) is 0 Å². The topological polar surface area (TPSA) is 122 Å². The van der Waals surface area contributed by atoms with Gasteiger partial charge in [-0.3, -0.25) is 24.5 Å². The molecule has 0 spiro atoms. The van der Waals surface area contributed by atoms with Gasteiger partial charge in [0, 0.05) is 17.8 Å². The fourth-order valence-corrected chi connectivity index (χ4v) is 5.35. The molecule has 0 saturated carbocycles. The van der Waals surface area contributed by atoms with Crippen molar-refractivity contribution in [2.45, 2.75) is 18.1 Å². The van der Waals surface area contributed by atoms with E-state index >= 15 is 0 Å². The van der Waals surface area contributed by atoms with Gasteiger partial charge in [-0.25, -0.2) is 0 Å². The SMILES string of the molecule is NC(=O)c1ccc2c(c1)C(=O)N(CCCOc1ccc(CC3SC(=O)NC3=O)cc1)CN2c1ccccc1. The van der Waals surface area contributed by atoms with Gasteiger partial charge in [0.15, 0.2) is 0 Å². The van der Waals surface area contributed by atoms with Gasteiger partial charge in [-0.15, -0.1) is 0 Å². The van der Waals surface area contributed by atoms with Crippen LogP contribution in [-0.2, 0) is 11.2 Å². The van der Waals surface area contributed by atoms with Gasteiger partial charge in [0.2, 0.25) is 11.8 Å². The molecule has 2 aliphatic rings. The first-order valence-electron chi connectivity index (χ1n) is 12.2. The van der Waals surface area contributed by atoms with E-state index in [9.17, 15) is 19.2 Å². The molecule has 9 nitrogen and oxygen atoms in total. The van der Waals surface area contributed by atoms with Crippen molar-refractivity contribution in [2.24, 2.45) is 5.73 Å². The maximum atomic E-state index is 13.3. The summed E-state index contributed by atoms with van der Waals surface area (Å²) in [4.78, 5) is 51.9. The summed E-state index contributed by atoms with van der Waals surface area (Å²) in [5.41, 5.74) is 8.79. The normalized spacial score (nSPS) is 16.8. The van der Waals surface area contributed by atoms with Gasteiger partial charge in [-0.05, 0) is 60.9 Å².